The van der Waals surface area contributed by atoms with Gasteiger partial charge in [-0.15, -0.1) is 5.11 Å². The molecular weight excluding hydrogens is 284 g/mol. The summed E-state index contributed by atoms with van der Waals surface area (Å²) in [4.78, 5) is 13.8. The first-order valence-corrected chi connectivity index (χ1v) is 6.51. The van der Waals surface area contributed by atoms with Crippen LogP contribution in [0.2, 0.25) is 5.02 Å². The topological polar surface area (TPSA) is 57.1 Å². The fourth-order valence-corrected chi connectivity index (χ4v) is 2.05. The van der Waals surface area contributed by atoms with Crippen LogP contribution in [-0.2, 0) is 0 Å². The highest BCUT2D eigenvalue weighted by Gasteiger charge is 2.29. The van der Waals surface area contributed by atoms with E-state index in [0.717, 1.165) is 0 Å². The number of hydrogen-bond donors (Lipinski definition) is 1. The minimum absolute atomic E-state index is 0.175. The van der Waals surface area contributed by atoms with E-state index in [-0.39, 0.29) is 18.1 Å². The SMILES string of the molecule is CC(NC(=O)c1ccc(Cl)cc1)C1N=NC(=S)N1C. The van der Waals surface area contributed by atoms with Gasteiger partial charge in [0.05, 0.1) is 6.04 Å². The molecule has 0 saturated heterocycles. The molecule has 2 atom stereocenters. The molecule has 1 aromatic rings. The predicted octanol–water partition coefficient (Wildman–Crippen LogP) is 2.47. The Bertz CT molecular complexity index is 531. The zero-order chi connectivity index (χ0) is 14.0. The van der Waals surface area contributed by atoms with Crippen LogP contribution in [0.5, 0.6) is 0 Å². The molecule has 1 heterocycles. The van der Waals surface area contributed by atoms with E-state index in [1.165, 1.54) is 0 Å². The molecule has 2 unspecified atom stereocenters. The van der Waals surface area contributed by atoms with Crippen LogP contribution < -0.4 is 5.32 Å². The lowest BCUT2D eigenvalue weighted by Crippen LogP contribution is -2.46. The van der Waals surface area contributed by atoms with Crippen molar-refractivity contribution in [2.24, 2.45) is 10.2 Å². The van der Waals surface area contributed by atoms with Gasteiger partial charge in [0.25, 0.3) is 5.91 Å². The average Bonchev–Trinajstić information content (AvgIpc) is 2.70. The van der Waals surface area contributed by atoms with Crippen molar-refractivity contribution in [2.45, 2.75) is 19.1 Å². The number of carbonyl (C=O) groups excluding carboxylic acids is 1. The smallest absolute Gasteiger partial charge is 0.251 e. The van der Waals surface area contributed by atoms with E-state index in [0.29, 0.717) is 15.7 Å². The quantitative estimate of drug-likeness (QED) is 0.872. The monoisotopic (exact) mass is 296 g/mol. The summed E-state index contributed by atoms with van der Waals surface area (Å²) in [6.07, 6.45) is -0.260. The van der Waals surface area contributed by atoms with Gasteiger partial charge >= 0.3 is 0 Å². The molecule has 19 heavy (non-hydrogen) atoms. The fourth-order valence-electron chi connectivity index (χ4n) is 1.77. The zero-order valence-corrected chi connectivity index (χ0v) is 12.1. The van der Waals surface area contributed by atoms with E-state index in [1.54, 1.807) is 36.2 Å². The molecule has 1 aromatic carbocycles. The Morgan fingerprint density at radius 3 is 2.63 bits per heavy atom. The van der Waals surface area contributed by atoms with Gasteiger partial charge in [-0.05, 0) is 43.4 Å². The molecule has 1 aliphatic heterocycles. The minimum Gasteiger partial charge on any atom is -0.345 e. The Morgan fingerprint density at radius 2 is 2.11 bits per heavy atom. The number of likely N-dealkylation sites (N-methyl/N-ethyl adjacent to an activating group) is 1. The van der Waals surface area contributed by atoms with E-state index in [4.69, 9.17) is 23.8 Å². The maximum Gasteiger partial charge on any atom is 0.251 e. The number of nitrogens with one attached hydrogen (secondary N) is 1. The van der Waals surface area contributed by atoms with Crippen LogP contribution in [0.3, 0.4) is 0 Å². The second kappa shape index (κ2) is 5.63. The summed E-state index contributed by atoms with van der Waals surface area (Å²) in [5, 5.41) is 11.8. The van der Waals surface area contributed by atoms with Crippen molar-refractivity contribution in [3.05, 3.63) is 34.9 Å². The van der Waals surface area contributed by atoms with Crippen molar-refractivity contribution < 1.29 is 4.79 Å². The summed E-state index contributed by atoms with van der Waals surface area (Å²) >= 11 is 10.8. The highest BCUT2D eigenvalue weighted by Crippen LogP contribution is 2.15. The van der Waals surface area contributed by atoms with E-state index >= 15 is 0 Å². The molecule has 100 valence electrons. The molecule has 0 aliphatic carbocycles. The standard InChI is InChI=1S/C12H13ClN4OS/c1-7(10-15-16-12(19)17(10)2)14-11(18)8-3-5-9(13)6-4-8/h3-7,10H,1-2H3,(H,14,18). The molecule has 1 aliphatic rings. The van der Waals surface area contributed by atoms with Crippen LogP contribution in [0.25, 0.3) is 0 Å². The summed E-state index contributed by atoms with van der Waals surface area (Å²) in [6.45, 7) is 1.86. The van der Waals surface area contributed by atoms with Gasteiger partial charge in [-0.3, -0.25) is 4.79 Å². The summed E-state index contributed by atoms with van der Waals surface area (Å²) < 4.78 is 0. The van der Waals surface area contributed by atoms with Gasteiger partial charge in [0.2, 0.25) is 5.11 Å². The van der Waals surface area contributed by atoms with Gasteiger partial charge in [0, 0.05) is 17.6 Å². The second-order valence-electron chi connectivity index (χ2n) is 4.29. The van der Waals surface area contributed by atoms with Gasteiger partial charge in [0.1, 0.15) is 0 Å². The molecule has 0 spiro atoms. The third-order valence-electron chi connectivity index (χ3n) is 2.87. The van der Waals surface area contributed by atoms with Crippen molar-refractivity contribution in [3.63, 3.8) is 0 Å². The van der Waals surface area contributed by atoms with Crippen molar-refractivity contribution in [2.75, 3.05) is 7.05 Å². The first kappa shape index (κ1) is 13.9. The Labute approximate surface area is 121 Å². The summed E-state index contributed by atoms with van der Waals surface area (Å²) in [5.74, 6) is -0.175. The molecule has 1 N–H and O–H groups in total. The maximum atomic E-state index is 12.0. The molecule has 2 rings (SSSR count). The van der Waals surface area contributed by atoms with Crippen LogP contribution in [0.15, 0.2) is 34.5 Å². The number of halogens is 1. The van der Waals surface area contributed by atoms with Crippen LogP contribution in [-0.4, -0.2) is 35.2 Å². The van der Waals surface area contributed by atoms with Gasteiger partial charge in [0.15, 0.2) is 6.17 Å². The minimum atomic E-state index is -0.260. The van der Waals surface area contributed by atoms with Crippen LogP contribution in [0.1, 0.15) is 17.3 Å². The summed E-state index contributed by atoms with van der Waals surface area (Å²) in [6, 6.07) is 6.51. The van der Waals surface area contributed by atoms with Crippen molar-refractivity contribution in [1.29, 1.82) is 0 Å². The highest BCUT2D eigenvalue weighted by molar-refractivity contribution is 7.80. The maximum absolute atomic E-state index is 12.0. The van der Waals surface area contributed by atoms with E-state index in [1.807, 2.05) is 6.92 Å². The van der Waals surface area contributed by atoms with Crippen LogP contribution >= 0.6 is 23.8 Å². The lowest BCUT2D eigenvalue weighted by molar-refractivity contribution is 0.0925. The molecule has 7 heteroatoms. The second-order valence-corrected chi connectivity index (χ2v) is 5.09. The molecule has 0 saturated carbocycles. The number of azo groups is 1. The number of hydrogen-bond acceptors (Lipinski definition) is 3. The number of carbonyl (C=O) groups is 1. The molecule has 0 fully saturated rings. The average molecular weight is 297 g/mol. The number of nitrogens with zero attached hydrogens (tertiary/aromatic N) is 3. The number of rotatable bonds is 3. The van der Waals surface area contributed by atoms with Crippen molar-refractivity contribution in [1.82, 2.24) is 10.2 Å². The Balaban J connectivity index is 2.01. The van der Waals surface area contributed by atoms with Crippen LogP contribution in [0.4, 0.5) is 0 Å². The van der Waals surface area contributed by atoms with E-state index < -0.39 is 0 Å². The Kier molecular flexibility index (Phi) is 4.11. The molecule has 1 amide bonds. The van der Waals surface area contributed by atoms with Crippen LogP contribution in [0, 0.1) is 0 Å². The van der Waals surface area contributed by atoms with E-state index in [9.17, 15) is 4.79 Å². The lowest BCUT2D eigenvalue weighted by Gasteiger charge is -2.24. The lowest BCUT2D eigenvalue weighted by atomic mass is 10.2. The summed E-state index contributed by atoms with van der Waals surface area (Å²) in [5.41, 5.74) is 0.552. The van der Waals surface area contributed by atoms with Gasteiger partial charge in [-0.2, -0.15) is 5.11 Å². The Hall–Kier alpha value is -1.53. The first-order chi connectivity index (χ1) is 8.99. The van der Waals surface area contributed by atoms with Gasteiger partial charge < -0.3 is 10.2 Å². The first-order valence-electron chi connectivity index (χ1n) is 5.73. The third-order valence-corrected chi connectivity index (χ3v) is 3.49. The molecule has 0 aromatic heterocycles. The number of amides is 1. The number of thiocarbonyl (C=S) groups is 1. The normalized spacial score (nSPS) is 19.6. The van der Waals surface area contributed by atoms with Gasteiger partial charge in [-0.1, -0.05) is 11.6 Å². The third kappa shape index (κ3) is 3.08. The summed E-state index contributed by atoms with van der Waals surface area (Å²) in [7, 11) is 1.80. The molecular formula is C12H13ClN4OS. The number of benzene rings is 1. The van der Waals surface area contributed by atoms with Gasteiger partial charge in [-0.25, -0.2) is 0 Å². The largest absolute Gasteiger partial charge is 0.345 e. The van der Waals surface area contributed by atoms with Crippen molar-refractivity contribution >= 4 is 34.8 Å². The fraction of sp³-hybridized carbons (Fsp3) is 0.333. The highest BCUT2D eigenvalue weighted by atomic mass is 35.5. The Morgan fingerprint density at radius 1 is 1.47 bits per heavy atom. The molecule has 0 radical (unpaired) electrons. The van der Waals surface area contributed by atoms with E-state index in [2.05, 4.69) is 15.5 Å². The van der Waals surface area contributed by atoms with Crippen molar-refractivity contribution in [3.8, 4) is 0 Å². The zero-order valence-electron chi connectivity index (χ0n) is 10.5. The molecule has 0 bridgehead atoms. The molecule has 5 nitrogen and oxygen atoms in total. The predicted molar refractivity (Wildman–Crippen MR) is 77.4 cm³/mol.